The van der Waals surface area contributed by atoms with Crippen LogP contribution in [0.5, 0.6) is 0 Å². The summed E-state index contributed by atoms with van der Waals surface area (Å²) in [4.78, 5) is 3.23. The molecule has 0 amide bonds. The largest absolute Gasteiger partial charge is 0.359 e. The number of fused-ring (bicyclic) bond motifs is 1. The van der Waals surface area contributed by atoms with Crippen molar-refractivity contribution in [1.29, 1.82) is 0 Å². The quantitative estimate of drug-likeness (QED) is 0.652. The van der Waals surface area contributed by atoms with E-state index in [9.17, 15) is 12.8 Å². The van der Waals surface area contributed by atoms with Gasteiger partial charge in [0.1, 0.15) is 5.82 Å². The van der Waals surface area contributed by atoms with Gasteiger partial charge < -0.3 is 4.98 Å². The van der Waals surface area contributed by atoms with Gasteiger partial charge in [0.2, 0.25) is 10.0 Å². The van der Waals surface area contributed by atoms with Crippen LogP contribution in [-0.4, -0.2) is 19.7 Å². The lowest BCUT2D eigenvalue weighted by Gasteiger charge is -2.32. The van der Waals surface area contributed by atoms with E-state index in [2.05, 4.69) is 23.6 Å². The summed E-state index contributed by atoms with van der Waals surface area (Å²) < 4.78 is 39.3. The topological polar surface area (TPSA) is 62.0 Å². The van der Waals surface area contributed by atoms with Crippen molar-refractivity contribution in [2.24, 2.45) is 0 Å². The monoisotopic (exact) mass is 374 g/mol. The van der Waals surface area contributed by atoms with Gasteiger partial charge in [-0.2, -0.15) is 0 Å². The van der Waals surface area contributed by atoms with E-state index in [0.717, 1.165) is 41.1 Å². The van der Waals surface area contributed by atoms with E-state index in [-0.39, 0.29) is 11.2 Å². The number of nitrogens with one attached hydrogen (secondary N) is 2. The molecule has 6 heteroatoms. The Hall–Kier alpha value is -2.34. The Morgan fingerprint density at radius 1 is 1.08 bits per heavy atom. The first-order valence-corrected chi connectivity index (χ1v) is 10.5. The standard InChI is InChI=1S/C20H23FN2O2S/c1-4-20(5-2,14-9-11-15(21)12-10-14)17-13-22-19-16(17)7-6-8-18(19)23-26(3,24)25/h6-13,22-23H,4-5H2,1-3H3. The Labute approximate surface area is 153 Å². The number of aromatic nitrogens is 1. The third-order valence-electron chi connectivity index (χ3n) is 5.13. The molecule has 2 aromatic carbocycles. The number of hydrogen-bond donors (Lipinski definition) is 2. The number of halogens is 1. The highest BCUT2D eigenvalue weighted by molar-refractivity contribution is 7.92. The fourth-order valence-corrected chi connectivity index (χ4v) is 4.37. The first-order valence-electron chi connectivity index (χ1n) is 8.65. The van der Waals surface area contributed by atoms with E-state index in [1.54, 1.807) is 6.07 Å². The van der Waals surface area contributed by atoms with Crippen LogP contribution < -0.4 is 4.72 Å². The van der Waals surface area contributed by atoms with Gasteiger partial charge in [-0.3, -0.25) is 4.72 Å². The lowest BCUT2D eigenvalue weighted by molar-refractivity contribution is 0.481. The van der Waals surface area contributed by atoms with Crippen LogP contribution in [0, 0.1) is 5.82 Å². The van der Waals surface area contributed by atoms with Gasteiger partial charge in [-0.15, -0.1) is 0 Å². The zero-order chi connectivity index (χ0) is 18.9. The fraction of sp³-hybridized carbons (Fsp3) is 0.300. The van der Waals surface area contributed by atoms with Crippen molar-refractivity contribution in [3.8, 4) is 0 Å². The predicted octanol–water partition coefficient (Wildman–Crippen LogP) is 4.78. The molecule has 2 N–H and O–H groups in total. The average Bonchev–Trinajstić information content (AvgIpc) is 3.03. The van der Waals surface area contributed by atoms with Gasteiger partial charge in [0, 0.05) is 17.0 Å². The van der Waals surface area contributed by atoms with Gasteiger partial charge in [0.25, 0.3) is 0 Å². The number of benzene rings is 2. The molecule has 138 valence electrons. The van der Waals surface area contributed by atoms with Crippen molar-refractivity contribution in [1.82, 2.24) is 4.98 Å². The third-order valence-corrected chi connectivity index (χ3v) is 5.72. The number of H-pyrrole nitrogens is 1. The molecule has 0 aliphatic carbocycles. The van der Waals surface area contributed by atoms with Crippen molar-refractivity contribution < 1.29 is 12.8 Å². The highest BCUT2D eigenvalue weighted by Gasteiger charge is 2.33. The molecule has 0 fully saturated rings. The second-order valence-electron chi connectivity index (χ2n) is 6.60. The molecule has 3 aromatic rings. The zero-order valence-electron chi connectivity index (χ0n) is 15.1. The number of hydrogen-bond acceptors (Lipinski definition) is 2. The second kappa shape index (κ2) is 6.76. The minimum Gasteiger partial charge on any atom is -0.359 e. The summed E-state index contributed by atoms with van der Waals surface area (Å²) in [5.74, 6) is -0.256. The molecular weight excluding hydrogens is 351 g/mol. The molecule has 1 heterocycles. The van der Waals surface area contributed by atoms with Crippen LogP contribution in [0.25, 0.3) is 10.9 Å². The highest BCUT2D eigenvalue weighted by atomic mass is 32.2. The molecule has 0 spiro atoms. The summed E-state index contributed by atoms with van der Waals surface area (Å²) in [6, 6.07) is 12.2. The smallest absolute Gasteiger partial charge is 0.229 e. The Bertz CT molecular complexity index is 1020. The lowest BCUT2D eigenvalue weighted by Crippen LogP contribution is -2.25. The van der Waals surface area contributed by atoms with E-state index in [1.165, 1.54) is 12.1 Å². The lowest BCUT2D eigenvalue weighted by atomic mass is 9.70. The van der Waals surface area contributed by atoms with Crippen molar-refractivity contribution >= 4 is 26.6 Å². The van der Waals surface area contributed by atoms with Crippen LogP contribution in [0.4, 0.5) is 10.1 Å². The molecule has 1 aromatic heterocycles. The van der Waals surface area contributed by atoms with Crippen molar-refractivity contribution in [2.75, 3.05) is 11.0 Å². The van der Waals surface area contributed by atoms with E-state index >= 15 is 0 Å². The maximum Gasteiger partial charge on any atom is 0.229 e. The summed E-state index contributed by atoms with van der Waals surface area (Å²) in [6.07, 6.45) is 4.75. The predicted molar refractivity (Wildman–Crippen MR) is 105 cm³/mol. The summed E-state index contributed by atoms with van der Waals surface area (Å²) >= 11 is 0. The van der Waals surface area contributed by atoms with E-state index in [1.807, 2.05) is 30.5 Å². The number of anilines is 1. The Kier molecular flexibility index (Phi) is 4.80. The average molecular weight is 374 g/mol. The number of para-hydroxylation sites is 1. The normalized spacial score (nSPS) is 12.5. The minimum atomic E-state index is -3.37. The number of rotatable bonds is 6. The Balaban J connectivity index is 2.22. The molecule has 0 bridgehead atoms. The molecule has 0 aliphatic rings. The Morgan fingerprint density at radius 2 is 1.73 bits per heavy atom. The molecule has 0 saturated heterocycles. The molecule has 0 radical (unpaired) electrons. The van der Waals surface area contributed by atoms with Crippen LogP contribution in [0.1, 0.15) is 37.8 Å². The van der Waals surface area contributed by atoms with Crippen LogP contribution in [-0.2, 0) is 15.4 Å². The van der Waals surface area contributed by atoms with Crippen LogP contribution in [0.3, 0.4) is 0 Å². The molecule has 0 atom stereocenters. The number of aromatic amines is 1. The summed E-state index contributed by atoms with van der Waals surface area (Å²) in [5.41, 5.74) is 3.13. The van der Waals surface area contributed by atoms with Crippen LogP contribution in [0.2, 0.25) is 0 Å². The second-order valence-corrected chi connectivity index (χ2v) is 8.35. The molecule has 0 aliphatic heterocycles. The highest BCUT2D eigenvalue weighted by Crippen LogP contribution is 2.43. The first kappa shape index (κ1) is 18.5. The molecule has 26 heavy (non-hydrogen) atoms. The van der Waals surface area contributed by atoms with Crippen molar-refractivity contribution in [3.63, 3.8) is 0 Å². The van der Waals surface area contributed by atoms with Crippen molar-refractivity contribution in [3.05, 3.63) is 65.6 Å². The summed E-state index contributed by atoms with van der Waals surface area (Å²) in [5, 5.41) is 0.965. The van der Waals surface area contributed by atoms with Crippen LogP contribution >= 0.6 is 0 Å². The summed E-state index contributed by atoms with van der Waals surface area (Å²) in [7, 11) is -3.37. The van der Waals surface area contributed by atoms with E-state index in [4.69, 9.17) is 0 Å². The van der Waals surface area contributed by atoms with Gasteiger partial charge in [0.15, 0.2) is 0 Å². The third kappa shape index (κ3) is 3.21. The van der Waals surface area contributed by atoms with Crippen molar-refractivity contribution in [2.45, 2.75) is 32.1 Å². The van der Waals surface area contributed by atoms with E-state index < -0.39 is 10.0 Å². The SMILES string of the molecule is CCC(CC)(c1ccc(F)cc1)c1c[nH]c2c(NS(C)(=O)=O)cccc12. The molecule has 3 rings (SSSR count). The zero-order valence-corrected chi connectivity index (χ0v) is 16.0. The van der Waals surface area contributed by atoms with Gasteiger partial charge in [-0.1, -0.05) is 38.1 Å². The maximum absolute atomic E-state index is 13.4. The van der Waals surface area contributed by atoms with Gasteiger partial charge in [-0.05, 0) is 42.2 Å². The molecular formula is C20H23FN2O2S. The van der Waals surface area contributed by atoms with Gasteiger partial charge in [0.05, 0.1) is 17.5 Å². The van der Waals surface area contributed by atoms with Gasteiger partial charge in [-0.25, -0.2) is 12.8 Å². The molecule has 0 saturated carbocycles. The fourth-order valence-electron chi connectivity index (χ4n) is 3.80. The summed E-state index contributed by atoms with van der Waals surface area (Å²) in [6.45, 7) is 4.23. The van der Waals surface area contributed by atoms with Crippen LogP contribution in [0.15, 0.2) is 48.7 Å². The number of sulfonamides is 1. The molecule has 4 nitrogen and oxygen atoms in total. The Morgan fingerprint density at radius 3 is 2.31 bits per heavy atom. The minimum absolute atomic E-state index is 0.256. The maximum atomic E-state index is 13.4. The first-order chi connectivity index (χ1) is 12.3. The van der Waals surface area contributed by atoms with E-state index in [0.29, 0.717) is 5.69 Å². The van der Waals surface area contributed by atoms with Gasteiger partial charge >= 0.3 is 0 Å². The molecule has 0 unspecified atom stereocenters.